The fraction of sp³-hybridized carbons (Fsp3) is 0.0370. The minimum absolute atomic E-state index is 0.138. The number of carbonyl (C=O) groups excluding carboxylic acids is 1. The topological polar surface area (TPSA) is 67.5 Å². The molecule has 32 heavy (non-hydrogen) atoms. The van der Waals surface area contributed by atoms with Crippen molar-refractivity contribution in [3.63, 3.8) is 0 Å². The number of carbonyl (C=O) groups is 1. The first-order valence-electron chi connectivity index (χ1n) is 10.3. The van der Waals surface area contributed by atoms with Crippen molar-refractivity contribution in [2.24, 2.45) is 10.7 Å². The van der Waals surface area contributed by atoms with Crippen molar-refractivity contribution in [3.05, 3.63) is 118 Å². The van der Waals surface area contributed by atoms with E-state index >= 15 is 0 Å². The van der Waals surface area contributed by atoms with E-state index in [4.69, 9.17) is 17.3 Å². The maximum Gasteiger partial charge on any atom is 0.255 e. The number of fused-ring (bicyclic) bond motifs is 3. The first kappa shape index (κ1) is 20.0. The summed E-state index contributed by atoms with van der Waals surface area (Å²) in [5.74, 6) is 0.241. The van der Waals surface area contributed by atoms with Gasteiger partial charge in [0.2, 0.25) is 0 Å². The normalized spacial score (nSPS) is 12.2. The molecule has 0 bridgehead atoms. The van der Waals surface area contributed by atoms with Crippen LogP contribution >= 0.6 is 11.6 Å². The Morgan fingerprint density at radius 3 is 2.47 bits per heavy atom. The van der Waals surface area contributed by atoms with Crippen molar-refractivity contribution >= 4 is 34.7 Å². The van der Waals surface area contributed by atoms with Crippen molar-refractivity contribution in [1.29, 1.82) is 0 Å². The molecule has 0 radical (unpaired) electrons. The highest BCUT2D eigenvalue weighted by molar-refractivity contribution is 6.30. The highest BCUT2D eigenvalue weighted by Gasteiger charge is 2.23. The Hall–Kier alpha value is -3.89. The van der Waals surface area contributed by atoms with Gasteiger partial charge in [0.15, 0.2) is 0 Å². The molecule has 5 heteroatoms. The molecule has 4 nitrogen and oxygen atoms in total. The van der Waals surface area contributed by atoms with Gasteiger partial charge in [-0.3, -0.25) is 4.79 Å². The van der Waals surface area contributed by atoms with Crippen LogP contribution in [0.5, 0.6) is 0 Å². The number of halogens is 1. The summed E-state index contributed by atoms with van der Waals surface area (Å²) in [7, 11) is 0. The van der Waals surface area contributed by atoms with Crippen LogP contribution in [-0.4, -0.2) is 11.7 Å². The van der Waals surface area contributed by atoms with E-state index in [2.05, 4.69) is 28.5 Å². The highest BCUT2D eigenvalue weighted by atomic mass is 35.5. The molecule has 1 aliphatic rings. The summed E-state index contributed by atoms with van der Waals surface area (Å²) in [6, 6.07) is 28.7. The van der Waals surface area contributed by atoms with Gasteiger partial charge < -0.3 is 11.1 Å². The maximum absolute atomic E-state index is 13.1. The monoisotopic (exact) mass is 437 g/mol. The third kappa shape index (κ3) is 3.88. The summed E-state index contributed by atoms with van der Waals surface area (Å²) in [4.78, 5) is 17.6. The number of hydrogen-bond donors (Lipinski definition) is 2. The number of aliphatic imine (C=N–C) groups is 1. The summed E-state index contributed by atoms with van der Waals surface area (Å²) in [5.41, 5.74) is 13.6. The molecule has 1 amide bonds. The number of amidine groups is 1. The van der Waals surface area contributed by atoms with E-state index in [-0.39, 0.29) is 5.91 Å². The fourth-order valence-electron chi connectivity index (χ4n) is 4.05. The molecule has 4 aromatic carbocycles. The van der Waals surface area contributed by atoms with Gasteiger partial charge in [-0.2, -0.15) is 0 Å². The van der Waals surface area contributed by atoms with Gasteiger partial charge in [-0.1, -0.05) is 54.1 Å². The predicted molar refractivity (Wildman–Crippen MR) is 131 cm³/mol. The summed E-state index contributed by atoms with van der Waals surface area (Å²) >= 11 is 5.94. The van der Waals surface area contributed by atoms with Gasteiger partial charge in [0.1, 0.15) is 5.84 Å². The number of rotatable bonds is 4. The van der Waals surface area contributed by atoms with E-state index < -0.39 is 0 Å². The Kier molecular flexibility index (Phi) is 5.21. The van der Waals surface area contributed by atoms with Gasteiger partial charge in [0.05, 0.1) is 5.69 Å². The number of hydrogen-bond acceptors (Lipinski definition) is 2. The van der Waals surface area contributed by atoms with Crippen LogP contribution in [0.3, 0.4) is 0 Å². The summed E-state index contributed by atoms with van der Waals surface area (Å²) in [6.45, 7) is 0. The zero-order chi connectivity index (χ0) is 22.1. The van der Waals surface area contributed by atoms with E-state index in [1.807, 2.05) is 54.6 Å². The Morgan fingerprint density at radius 2 is 1.62 bits per heavy atom. The summed E-state index contributed by atoms with van der Waals surface area (Å²) in [5, 5.41) is 3.65. The number of nitrogens with two attached hydrogens (primary N) is 1. The predicted octanol–water partition coefficient (Wildman–Crippen LogP) is 6.20. The maximum atomic E-state index is 13.1. The Balaban J connectivity index is 1.39. The van der Waals surface area contributed by atoms with Crippen LogP contribution in [0.15, 0.2) is 96.0 Å². The first-order valence-corrected chi connectivity index (χ1v) is 10.7. The van der Waals surface area contributed by atoms with Gasteiger partial charge in [-0.15, -0.1) is 0 Å². The first-order chi connectivity index (χ1) is 15.6. The minimum Gasteiger partial charge on any atom is -0.383 e. The molecule has 1 aliphatic carbocycles. The Morgan fingerprint density at radius 1 is 0.875 bits per heavy atom. The quantitative estimate of drug-likeness (QED) is 0.259. The van der Waals surface area contributed by atoms with E-state index in [1.165, 1.54) is 11.1 Å². The van der Waals surface area contributed by atoms with Gasteiger partial charge in [0.25, 0.3) is 5.91 Å². The molecule has 0 fully saturated rings. The molecule has 156 valence electrons. The number of nitrogens with one attached hydrogen (secondary N) is 1. The second-order valence-electron chi connectivity index (χ2n) is 7.67. The van der Waals surface area contributed by atoms with E-state index in [1.54, 1.807) is 18.2 Å². The number of anilines is 1. The zero-order valence-electron chi connectivity index (χ0n) is 17.2. The van der Waals surface area contributed by atoms with Crippen LogP contribution in [-0.2, 0) is 6.42 Å². The third-order valence-electron chi connectivity index (χ3n) is 5.59. The van der Waals surface area contributed by atoms with E-state index in [0.29, 0.717) is 27.8 Å². The standard InChI is InChI=1S/C27H20ClN3O/c28-19-13-11-17(12-14-19)26(29)30-20-6-3-7-21(16-20)31-27(32)24-10-4-9-23-22-8-2-1-5-18(22)15-25(23)24/h1-14,16H,15H2,(H2,29,30)(H,31,32). The molecular formula is C27H20ClN3O. The van der Waals surface area contributed by atoms with Crippen molar-refractivity contribution in [3.8, 4) is 11.1 Å². The molecule has 0 spiro atoms. The number of amides is 1. The second-order valence-corrected chi connectivity index (χ2v) is 8.11. The molecule has 0 saturated carbocycles. The van der Waals surface area contributed by atoms with Crippen molar-refractivity contribution < 1.29 is 4.79 Å². The lowest BCUT2D eigenvalue weighted by atomic mass is 10.0. The van der Waals surface area contributed by atoms with Gasteiger partial charge in [-0.25, -0.2) is 4.99 Å². The molecule has 0 aromatic heterocycles. The number of nitrogens with zero attached hydrogens (tertiary/aromatic N) is 1. The lowest BCUT2D eigenvalue weighted by Gasteiger charge is -2.10. The molecule has 0 heterocycles. The molecule has 0 aliphatic heterocycles. The summed E-state index contributed by atoms with van der Waals surface area (Å²) < 4.78 is 0. The Labute approximate surface area is 191 Å². The zero-order valence-corrected chi connectivity index (χ0v) is 17.9. The van der Waals surface area contributed by atoms with Gasteiger partial charge in [-0.05, 0) is 77.2 Å². The van der Waals surface area contributed by atoms with Crippen LogP contribution in [0.1, 0.15) is 27.0 Å². The molecular weight excluding hydrogens is 418 g/mol. The molecule has 4 aromatic rings. The van der Waals surface area contributed by atoms with E-state index in [9.17, 15) is 4.79 Å². The largest absolute Gasteiger partial charge is 0.383 e. The smallest absolute Gasteiger partial charge is 0.255 e. The molecule has 3 N–H and O–H groups in total. The van der Waals surface area contributed by atoms with Gasteiger partial charge in [0, 0.05) is 21.8 Å². The summed E-state index contributed by atoms with van der Waals surface area (Å²) in [6.07, 6.45) is 0.761. The number of benzene rings is 4. The lowest BCUT2D eigenvalue weighted by molar-refractivity contribution is 0.102. The second kappa shape index (κ2) is 8.33. The van der Waals surface area contributed by atoms with E-state index in [0.717, 1.165) is 23.1 Å². The van der Waals surface area contributed by atoms with Crippen LogP contribution < -0.4 is 11.1 Å². The average Bonchev–Trinajstić information content (AvgIpc) is 3.18. The van der Waals surface area contributed by atoms with Crippen LogP contribution in [0.25, 0.3) is 11.1 Å². The van der Waals surface area contributed by atoms with Crippen molar-refractivity contribution in [2.75, 3.05) is 5.32 Å². The average molecular weight is 438 g/mol. The van der Waals surface area contributed by atoms with Crippen LogP contribution in [0.2, 0.25) is 5.02 Å². The molecule has 0 atom stereocenters. The van der Waals surface area contributed by atoms with Crippen molar-refractivity contribution in [1.82, 2.24) is 0 Å². The lowest BCUT2D eigenvalue weighted by Crippen LogP contribution is -2.14. The fourth-order valence-corrected chi connectivity index (χ4v) is 4.17. The third-order valence-corrected chi connectivity index (χ3v) is 5.84. The molecule has 5 rings (SSSR count). The Bertz CT molecular complexity index is 1360. The molecule has 0 unspecified atom stereocenters. The van der Waals surface area contributed by atoms with Crippen LogP contribution in [0.4, 0.5) is 11.4 Å². The minimum atomic E-state index is -0.138. The van der Waals surface area contributed by atoms with Gasteiger partial charge >= 0.3 is 0 Å². The van der Waals surface area contributed by atoms with Crippen molar-refractivity contribution in [2.45, 2.75) is 6.42 Å². The van der Waals surface area contributed by atoms with Crippen LogP contribution in [0, 0.1) is 0 Å². The molecule has 0 saturated heterocycles. The SMILES string of the molecule is NC(=Nc1cccc(NC(=O)c2cccc3c2Cc2ccccc2-3)c1)c1ccc(Cl)cc1. The highest BCUT2D eigenvalue weighted by Crippen LogP contribution is 2.38.